The first-order chi connectivity index (χ1) is 17.5. The third-order valence-electron chi connectivity index (χ3n) is 8.10. The summed E-state index contributed by atoms with van der Waals surface area (Å²) in [6, 6.07) is 19.3. The van der Waals surface area contributed by atoms with Gasteiger partial charge >= 0.3 is 0 Å². The lowest BCUT2D eigenvalue weighted by atomic mass is 9.78. The van der Waals surface area contributed by atoms with Gasteiger partial charge in [-0.05, 0) is 52.5 Å². The van der Waals surface area contributed by atoms with Crippen LogP contribution in [0.4, 0.5) is 13.2 Å². The SMILES string of the molecule is CCCC1CCC(CCc2ccc(-c3ccc(-c4ccc(C5CO5)c(F)c4C(F)F)cc3)cc2)CC1. The van der Waals surface area contributed by atoms with Crippen molar-refractivity contribution in [2.75, 3.05) is 6.61 Å². The van der Waals surface area contributed by atoms with Crippen LogP contribution < -0.4 is 0 Å². The molecule has 1 heterocycles. The van der Waals surface area contributed by atoms with Gasteiger partial charge in [-0.15, -0.1) is 0 Å². The molecule has 1 saturated heterocycles. The molecule has 1 aliphatic carbocycles. The molecule has 0 spiro atoms. The van der Waals surface area contributed by atoms with Crippen LogP contribution in [0.2, 0.25) is 0 Å². The third-order valence-corrected chi connectivity index (χ3v) is 8.10. The second kappa shape index (κ2) is 11.2. The fourth-order valence-electron chi connectivity index (χ4n) is 5.85. The third kappa shape index (κ3) is 5.70. The Morgan fingerprint density at radius 2 is 1.33 bits per heavy atom. The molecule has 0 amide bonds. The van der Waals surface area contributed by atoms with E-state index in [1.165, 1.54) is 50.5 Å². The Hall–Kier alpha value is -2.59. The summed E-state index contributed by atoms with van der Waals surface area (Å²) in [4.78, 5) is 0. The molecule has 1 nitrogen and oxygen atoms in total. The predicted molar refractivity (Wildman–Crippen MR) is 140 cm³/mol. The zero-order chi connectivity index (χ0) is 25.1. The molecule has 4 heteroatoms. The summed E-state index contributed by atoms with van der Waals surface area (Å²) in [5.41, 5.74) is 3.96. The number of aryl methyl sites for hydroxylation is 1. The van der Waals surface area contributed by atoms with Crippen molar-refractivity contribution in [3.8, 4) is 22.3 Å². The molecule has 1 aliphatic heterocycles. The largest absolute Gasteiger partial charge is 0.368 e. The maximum absolute atomic E-state index is 14.8. The van der Waals surface area contributed by atoms with Crippen molar-refractivity contribution in [3.05, 3.63) is 83.2 Å². The molecule has 5 rings (SSSR count). The molecule has 190 valence electrons. The van der Waals surface area contributed by atoms with Gasteiger partial charge < -0.3 is 4.74 Å². The molecule has 36 heavy (non-hydrogen) atoms. The van der Waals surface area contributed by atoms with Crippen LogP contribution in [0.3, 0.4) is 0 Å². The smallest absolute Gasteiger partial charge is 0.267 e. The maximum Gasteiger partial charge on any atom is 0.267 e. The van der Waals surface area contributed by atoms with Gasteiger partial charge in [-0.3, -0.25) is 0 Å². The van der Waals surface area contributed by atoms with Gasteiger partial charge in [-0.25, -0.2) is 13.2 Å². The van der Waals surface area contributed by atoms with Crippen molar-refractivity contribution < 1.29 is 17.9 Å². The van der Waals surface area contributed by atoms with Crippen LogP contribution in [0.1, 0.15) is 81.1 Å². The van der Waals surface area contributed by atoms with Gasteiger partial charge in [0.25, 0.3) is 6.43 Å². The Morgan fingerprint density at radius 1 is 0.778 bits per heavy atom. The zero-order valence-electron chi connectivity index (χ0n) is 21.0. The minimum atomic E-state index is -2.89. The van der Waals surface area contributed by atoms with Gasteiger partial charge in [-0.1, -0.05) is 106 Å². The van der Waals surface area contributed by atoms with Crippen molar-refractivity contribution in [1.82, 2.24) is 0 Å². The Balaban J connectivity index is 1.23. The van der Waals surface area contributed by atoms with Crippen LogP contribution in [0.25, 0.3) is 22.3 Å². The number of rotatable bonds is 9. The average molecular weight is 493 g/mol. The van der Waals surface area contributed by atoms with Crippen molar-refractivity contribution >= 4 is 0 Å². The van der Waals surface area contributed by atoms with E-state index in [0.717, 1.165) is 29.4 Å². The van der Waals surface area contributed by atoms with Crippen molar-refractivity contribution in [2.45, 2.75) is 70.8 Å². The highest BCUT2D eigenvalue weighted by atomic mass is 19.3. The summed E-state index contributed by atoms with van der Waals surface area (Å²) in [5.74, 6) is 0.965. The number of benzene rings is 3. The number of halogens is 3. The van der Waals surface area contributed by atoms with E-state index in [9.17, 15) is 13.2 Å². The fourth-order valence-corrected chi connectivity index (χ4v) is 5.85. The summed E-state index contributed by atoms with van der Waals surface area (Å²) >= 11 is 0. The van der Waals surface area contributed by atoms with E-state index in [-0.39, 0.29) is 11.1 Å². The molecule has 0 bridgehead atoms. The topological polar surface area (TPSA) is 12.5 Å². The van der Waals surface area contributed by atoms with E-state index < -0.39 is 23.9 Å². The Bertz CT molecular complexity index is 1140. The van der Waals surface area contributed by atoms with Gasteiger partial charge in [0.2, 0.25) is 0 Å². The van der Waals surface area contributed by atoms with E-state index in [1.807, 2.05) is 12.1 Å². The number of ether oxygens (including phenoxy) is 1. The minimum absolute atomic E-state index is 0.218. The summed E-state index contributed by atoms with van der Waals surface area (Å²) in [7, 11) is 0. The lowest BCUT2D eigenvalue weighted by Gasteiger charge is -2.28. The molecule has 3 aromatic carbocycles. The molecule has 0 N–H and O–H groups in total. The molecule has 0 aromatic heterocycles. The minimum Gasteiger partial charge on any atom is -0.368 e. The van der Waals surface area contributed by atoms with Crippen LogP contribution in [0.5, 0.6) is 0 Å². The first kappa shape index (κ1) is 25.1. The maximum atomic E-state index is 14.8. The molecule has 2 fully saturated rings. The molecule has 3 aromatic rings. The van der Waals surface area contributed by atoms with E-state index >= 15 is 0 Å². The standard InChI is InChI=1S/C32H35F3O/c1-2-3-21-4-6-22(7-5-21)8-9-23-10-12-24(13-11-23)25-14-16-26(17-15-25)27-18-19-28(29-20-36-29)31(33)30(27)32(34)35/h10-19,21-22,29,32H,2-9,20H2,1H3. The van der Waals surface area contributed by atoms with Crippen LogP contribution in [0.15, 0.2) is 60.7 Å². The van der Waals surface area contributed by atoms with Crippen molar-refractivity contribution in [2.24, 2.45) is 11.8 Å². The molecule has 1 atom stereocenters. The van der Waals surface area contributed by atoms with Gasteiger partial charge in [0, 0.05) is 5.56 Å². The Labute approximate surface area is 212 Å². The highest BCUT2D eigenvalue weighted by molar-refractivity contribution is 5.73. The molecular formula is C32H35F3O. The van der Waals surface area contributed by atoms with E-state index in [1.54, 1.807) is 24.3 Å². The fraction of sp³-hybridized carbons (Fsp3) is 0.438. The van der Waals surface area contributed by atoms with Crippen LogP contribution in [-0.4, -0.2) is 6.61 Å². The van der Waals surface area contributed by atoms with Crippen LogP contribution in [0, 0.1) is 17.7 Å². The van der Waals surface area contributed by atoms with Crippen molar-refractivity contribution in [1.29, 1.82) is 0 Å². The molecule has 2 aliphatic rings. The predicted octanol–water partition coefficient (Wildman–Crippen LogP) is 9.71. The highest BCUT2D eigenvalue weighted by Crippen LogP contribution is 2.40. The van der Waals surface area contributed by atoms with E-state index in [4.69, 9.17) is 4.74 Å². The van der Waals surface area contributed by atoms with Gasteiger partial charge in [0.05, 0.1) is 12.2 Å². The van der Waals surface area contributed by atoms with E-state index in [0.29, 0.717) is 12.2 Å². The van der Waals surface area contributed by atoms with Gasteiger partial charge in [0.1, 0.15) is 11.9 Å². The van der Waals surface area contributed by atoms with Gasteiger partial charge in [0.15, 0.2) is 0 Å². The van der Waals surface area contributed by atoms with Gasteiger partial charge in [-0.2, -0.15) is 0 Å². The second-order valence-electron chi connectivity index (χ2n) is 10.5. The van der Waals surface area contributed by atoms with E-state index in [2.05, 4.69) is 31.2 Å². The summed E-state index contributed by atoms with van der Waals surface area (Å²) < 4.78 is 47.5. The van der Waals surface area contributed by atoms with Crippen molar-refractivity contribution in [3.63, 3.8) is 0 Å². The number of hydrogen-bond donors (Lipinski definition) is 0. The zero-order valence-corrected chi connectivity index (χ0v) is 21.0. The lowest BCUT2D eigenvalue weighted by Crippen LogP contribution is -2.15. The quantitative estimate of drug-likeness (QED) is 0.271. The first-order valence-electron chi connectivity index (χ1n) is 13.4. The molecule has 1 saturated carbocycles. The number of hydrogen-bond acceptors (Lipinski definition) is 1. The first-order valence-corrected chi connectivity index (χ1v) is 13.4. The summed E-state index contributed by atoms with van der Waals surface area (Å²) in [6.45, 7) is 2.67. The van der Waals surface area contributed by atoms with Crippen LogP contribution >= 0.6 is 0 Å². The molecule has 0 radical (unpaired) electrons. The summed E-state index contributed by atoms with van der Waals surface area (Å²) in [6.07, 6.45) is 7.35. The Kier molecular flexibility index (Phi) is 7.81. The second-order valence-corrected chi connectivity index (χ2v) is 10.5. The van der Waals surface area contributed by atoms with Crippen LogP contribution in [-0.2, 0) is 11.2 Å². The highest BCUT2D eigenvalue weighted by Gasteiger charge is 2.32. The monoisotopic (exact) mass is 492 g/mol. The number of alkyl halides is 2. The number of epoxide rings is 1. The normalized spacial score (nSPS) is 21.6. The summed E-state index contributed by atoms with van der Waals surface area (Å²) in [5, 5.41) is 0. The Morgan fingerprint density at radius 3 is 1.89 bits per heavy atom. The average Bonchev–Trinajstić information content (AvgIpc) is 3.74. The lowest BCUT2D eigenvalue weighted by molar-refractivity contribution is 0.146. The molecule has 1 unspecified atom stereocenters. The molecular weight excluding hydrogens is 457 g/mol.